The molecule has 0 spiro atoms. The van der Waals surface area contributed by atoms with E-state index in [9.17, 15) is 9.59 Å². The van der Waals surface area contributed by atoms with Crippen LogP contribution in [0, 0.1) is 0 Å². The van der Waals surface area contributed by atoms with E-state index in [0.717, 1.165) is 19.4 Å². The lowest BCUT2D eigenvalue weighted by molar-refractivity contribution is -0.118. The third-order valence-corrected chi connectivity index (χ3v) is 2.66. The van der Waals surface area contributed by atoms with Crippen LogP contribution in [0.4, 0.5) is 0 Å². The lowest BCUT2D eigenvalue weighted by Crippen LogP contribution is -2.22. The number of nitrogens with one attached hydrogen (secondary N) is 1. The molecule has 0 fully saturated rings. The summed E-state index contributed by atoms with van der Waals surface area (Å²) in [5, 5.41) is 12.0. The van der Waals surface area contributed by atoms with Gasteiger partial charge in [0.2, 0.25) is 5.91 Å². The van der Waals surface area contributed by atoms with Crippen LogP contribution in [0.5, 0.6) is 5.75 Å². The predicted molar refractivity (Wildman–Crippen MR) is 74.8 cm³/mol. The molecule has 0 heterocycles. The van der Waals surface area contributed by atoms with E-state index < -0.39 is 5.97 Å². The van der Waals surface area contributed by atoms with E-state index in [4.69, 9.17) is 15.6 Å². The second kappa shape index (κ2) is 8.92. The van der Waals surface area contributed by atoms with Gasteiger partial charge in [-0.3, -0.25) is 4.79 Å². The highest BCUT2D eigenvalue weighted by atomic mass is 16.5. The van der Waals surface area contributed by atoms with Crippen molar-refractivity contribution in [2.45, 2.75) is 19.3 Å². The molecular formula is C14H20N2O4. The average molecular weight is 280 g/mol. The Morgan fingerprint density at radius 1 is 1.25 bits per heavy atom. The van der Waals surface area contributed by atoms with Gasteiger partial charge in [0, 0.05) is 13.0 Å². The maximum Gasteiger partial charge on any atom is 0.335 e. The zero-order chi connectivity index (χ0) is 14.8. The number of hydrogen-bond donors (Lipinski definition) is 3. The molecule has 0 aliphatic rings. The van der Waals surface area contributed by atoms with Crippen LogP contribution in [0.2, 0.25) is 0 Å². The quantitative estimate of drug-likeness (QED) is 0.555. The van der Waals surface area contributed by atoms with E-state index >= 15 is 0 Å². The molecule has 4 N–H and O–H groups in total. The Morgan fingerprint density at radius 2 is 2.05 bits per heavy atom. The minimum atomic E-state index is -0.969. The molecule has 1 aromatic carbocycles. The summed E-state index contributed by atoms with van der Waals surface area (Å²) in [5.41, 5.74) is 5.24. The van der Waals surface area contributed by atoms with Gasteiger partial charge in [-0.2, -0.15) is 0 Å². The van der Waals surface area contributed by atoms with Crippen LogP contribution in [0.1, 0.15) is 29.6 Å². The summed E-state index contributed by atoms with van der Waals surface area (Å²) in [6.45, 7) is 1.92. The Bertz CT molecular complexity index is 449. The molecule has 1 rings (SSSR count). The maximum atomic E-state index is 10.8. The summed E-state index contributed by atoms with van der Waals surface area (Å²) in [4.78, 5) is 21.3. The molecule has 110 valence electrons. The van der Waals surface area contributed by atoms with Gasteiger partial charge in [-0.25, -0.2) is 4.79 Å². The van der Waals surface area contributed by atoms with Crippen LogP contribution in [0.15, 0.2) is 24.3 Å². The van der Waals surface area contributed by atoms with Crippen molar-refractivity contribution >= 4 is 11.9 Å². The van der Waals surface area contributed by atoms with Gasteiger partial charge < -0.3 is 20.9 Å². The minimum absolute atomic E-state index is 0.210. The average Bonchev–Trinajstić information content (AvgIpc) is 2.41. The van der Waals surface area contributed by atoms with Crippen molar-refractivity contribution in [1.82, 2.24) is 5.32 Å². The lowest BCUT2D eigenvalue weighted by atomic mass is 10.2. The van der Waals surface area contributed by atoms with Crippen LogP contribution in [0.3, 0.4) is 0 Å². The van der Waals surface area contributed by atoms with Gasteiger partial charge >= 0.3 is 5.97 Å². The molecule has 0 saturated carbocycles. The Labute approximate surface area is 117 Å². The number of carboxylic acids is 1. The van der Waals surface area contributed by atoms with Crippen LogP contribution < -0.4 is 15.8 Å². The van der Waals surface area contributed by atoms with E-state index in [1.54, 1.807) is 12.1 Å². The normalized spacial score (nSPS) is 10.2. The smallest absolute Gasteiger partial charge is 0.335 e. The van der Waals surface area contributed by atoms with Crippen molar-refractivity contribution in [3.8, 4) is 5.75 Å². The highest BCUT2D eigenvalue weighted by Gasteiger charge is 2.03. The first-order valence-corrected chi connectivity index (χ1v) is 6.55. The van der Waals surface area contributed by atoms with Gasteiger partial charge in [-0.05, 0) is 37.6 Å². The third kappa shape index (κ3) is 6.75. The molecule has 0 radical (unpaired) electrons. The number of unbranched alkanes of at least 4 members (excludes halogenated alkanes) is 1. The molecule has 0 aliphatic heterocycles. The number of primary amides is 1. The standard InChI is InChI=1S/C14H20N2O4/c15-13(17)6-1-2-7-16-8-9-20-12-5-3-4-11(10-12)14(18)19/h3-5,10,16H,1-2,6-9H2,(H2,15,17)(H,18,19). The van der Waals surface area contributed by atoms with Crippen molar-refractivity contribution < 1.29 is 19.4 Å². The van der Waals surface area contributed by atoms with Gasteiger partial charge in [0.25, 0.3) is 0 Å². The van der Waals surface area contributed by atoms with Crippen LogP contribution in [0.25, 0.3) is 0 Å². The number of amides is 1. The van der Waals surface area contributed by atoms with E-state index in [1.165, 1.54) is 12.1 Å². The van der Waals surface area contributed by atoms with Crippen molar-refractivity contribution in [3.63, 3.8) is 0 Å². The predicted octanol–water partition coefficient (Wildman–Crippen LogP) is 1.01. The summed E-state index contributed by atoms with van der Waals surface area (Å²) < 4.78 is 5.44. The molecule has 1 aromatic rings. The summed E-state index contributed by atoms with van der Waals surface area (Å²) in [5.74, 6) is -0.699. The molecule has 0 aromatic heterocycles. The molecule has 0 atom stereocenters. The molecule has 1 amide bonds. The van der Waals surface area contributed by atoms with E-state index in [-0.39, 0.29) is 11.5 Å². The van der Waals surface area contributed by atoms with Crippen LogP contribution in [-0.4, -0.2) is 36.7 Å². The zero-order valence-electron chi connectivity index (χ0n) is 11.3. The number of hydrogen-bond acceptors (Lipinski definition) is 4. The highest BCUT2D eigenvalue weighted by Crippen LogP contribution is 2.12. The first kappa shape index (κ1) is 16.0. The number of rotatable bonds is 10. The molecule has 6 nitrogen and oxygen atoms in total. The SMILES string of the molecule is NC(=O)CCCCNCCOc1cccc(C(=O)O)c1. The minimum Gasteiger partial charge on any atom is -0.492 e. The number of aromatic carboxylic acids is 1. The van der Waals surface area contributed by atoms with Gasteiger partial charge in [0.1, 0.15) is 12.4 Å². The summed E-state index contributed by atoms with van der Waals surface area (Å²) in [7, 11) is 0. The Hall–Kier alpha value is -2.08. The second-order valence-corrected chi connectivity index (χ2v) is 4.35. The molecule has 0 unspecified atom stereocenters. The monoisotopic (exact) mass is 280 g/mol. The van der Waals surface area contributed by atoms with E-state index in [2.05, 4.69) is 5.32 Å². The van der Waals surface area contributed by atoms with Gasteiger partial charge in [-0.1, -0.05) is 6.07 Å². The van der Waals surface area contributed by atoms with Crippen molar-refractivity contribution in [3.05, 3.63) is 29.8 Å². The van der Waals surface area contributed by atoms with Gasteiger partial charge in [0.05, 0.1) is 5.56 Å². The van der Waals surface area contributed by atoms with Crippen LogP contribution >= 0.6 is 0 Å². The Balaban J connectivity index is 2.11. The fourth-order valence-corrected chi connectivity index (χ4v) is 1.63. The van der Waals surface area contributed by atoms with E-state index in [0.29, 0.717) is 25.3 Å². The summed E-state index contributed by atoms with van der Waals surface area (Å²) in [6, 6.07) is 6.39. The fourth-order valence-electron chi connectivity index (χ4n) is 1.63. The largest absolute Gasteiger partial charge is 0.492 e. The number of nitrogens with two attached hydrogens (primary N) is 1. The van der Waals surface area contributed by atoms with Crippen LogP contribution in [-0.2, 0) is 4.79 Å². The van der Waals surface area contributed by atoms with Gasteiger partial charge in [0.15, 0.2) is 0 Å². The molecule has 0 bridgehead atoms. The van der Waals surface area contributed by atoms with E-state index in [1.807, 2.05) is 0 Å². The third-order valence-electron chi connectivity index (χ3n) is 2.66. The first-order valence-electron chi connectivity index (χ1n) is 6.55. The second-order valence-electron chi connectivity index (χ2n) is 4.35. The van der Waals surface area contributed by atoms with Gasteiger partial charge in [-0.15, -0.1) is 0 Å². The maximum absolute atomic E-state index is 10.8. The Morgan fingerprint density at radius 3 is 2.75 bits per heavy atom. The molecule has 0 aliphatic carbocycles. The fraction of sp³-hybridized carbons (Fsp3) is 0.429. The summed E-state index contributed by atoms with van der Waals surface area (Å²) >= 11 is 0. The summed E-state index contributed by atoms with van der Waals surface area (Å²) in [6.07, 6.45) is 2.08. The zero-order valence-corrected chi connectivity index (χ0v) is 11.3. The molecule has 0 saturated heterocycles. The van der Waals surface area contributed by atoms with Crippen molar-refractivity contribution in [1.29, 1.82) is 0 Å². The van der Waals surface area contributed by atoms with Crippen molar-refractivity contribution in [2.24, 2.45) is 5.73 Å². The number of ether oxygens (including phenoxy) is 1. The molecule has 20 heavy (non-hydrogen) atoms. The topological polar surface area (TPSA) is 102 Å². The Kier molecular flexibility index (Phi) is 7.13. The molecule has 6 heteroatoms. The van der Waals surface area contributed by atoms with Crippen molar-refractivity contribution in [2.75, 3.05) is 19.7 Å². The highest BCUT2D eigenvalue weighted by molar-refractivity contribution is 5.87. The number of benzene rings is 1. The lowest BCUT2D eigenvalue weighted by Gasteiger charge is -2.08. The molecular weight excluding hydrogens is 260 g/mol. The number of carboxylic acid groups (broad SMARTS) is 1. The first-order chi connectivity index (χ1) is 9.59. The number of carbonyl (C=O) groups is 2. The number of carbonyl (C=O) groups excluding carboxylic acids is 1.